The Balaban J connectivity index is 0.00000162. The summed E-state index contributed by atoms with van der Waals surface area (Å²) in [4.78, 5) is 11.3. The van der Waals surface area contributed by atoms with Gasteiger partial charge in [-0.05, 0) is 30.2 Å². The molecule has 0 unspecified atom stereocenters. The molecule has 100 valence electrons. The fourth-order valence-electron chi connectivity index (χ4n) is 2.39. The molecule has 18 heavy (non-hydrogen) atoms. The zero-order chi connectivity index (χ0) is 12.3. The Bertz CT molecular complexity index is 411. The van der Waals surface area contributed by atoms with E-state index in [-0.39, 0.29) is 36.0 Å². The molecule has 1 fully saturated rings. The van der Waals surface area contributed by atoms with Crippen molar-refractivity contribution in [2.24, 2.45) is 5.92 Å². The number of carbonyl (C=O) groups is 1. The number of esters is 1. The van der Waals surface area contributed by atoms with E-state index in [2.05, 4.69) is 5.32 Å². The quantitative estimate of drug-likeness (QED) is 0.822. The van der Waals surface area contributed by atoms with Crippen LogP contribution in [0.4, 0.5) is 0 Å². The first-order chi connectivity index (χ1) is 8.20. The lowest BCUT2D eigenvalue weighted by Gasteiger charge is -2.17. The number of phenols is 1. The lowest BCUT2D eigenvalue weighted by molar-refractivity contribution is -0.141. The average molecular weight is 272 g/mol. The first-order valence-electron chi connectivity index (χ1n) is 5.77. The fourth-order valence-corrected chi connectivity index (χ4v) is 2.39. The molecule has 4 nitrogen and oxygen atoms in total. The molecule has 1 heterocycles. The van der Waals surface area contributed by atoms with Crippen molar-refractivity contribution in [1.82, 2.24) is 5.32 Å². The molecule has 0 spiro atoms. The van der Waals surface area contributed by atoms with E-state index >= 15 is 0 Å². The molecular formula is C13H18ClNO3. The Labute approximate surface area is 113 Å². The van der Waals surface area contributed by atoms with Gasteiger partial charge in [-0.3, -0.25) is 4.79 Å². The van der Waals surface area contributed by atoms with Crippen molar-refractivity contribution >= 4 is 18.4 Å². The van der Waals surface area contributed by atoms with E-state index in [1.54, 1.807) is 12.1 Å². The number of rotatable bonds is 3. The predicted octanol–water partition coefficient (Wildman–Crippen LogP) is 1.68. The molecule has 1 saturated heterocycles. The van der Waals surface area contributed by atoms with E-state index in [1.165, 1.54) is 7.11 Å². The molecule has 2 atom stereocenters. The number of methoxy groups -OCH3 is 1. The zero-order valence-electron chi connectivity index (χ0n) is 10.3. The second-order valence-electron chi connectivity index (χ2n) is 4.40. The van der Waals surface area contributed by atoms with Gasteiger partial charge in [-0.1, -0.05) is 12.1 Å². The van der Waals surface area contributed by atoms with Crippen molar-refractivity contribution in [1.29, 1.82) is 0 Å². The van der Waals surface area contributed by atoms with Gasteiger partial charge in [0.15, 0.2) is 0 Å². The lowest BCUT2D eigenvalue weighted by Crippen LogP contribution is -2.16. The van der Waals surface area contributed by atoms with Gasteiger partial charge in [-0.2, -0.15) is 0 Å². The highest BCUT2D eigenvalue weighted by atomic mass is 35.5. The molecule has 0 amide bonds. The second kappa shape index (κ2) is 6.61. The van der Waals surface area contributed by atoms with Crippen LogP contribution in [-0.4, -0.2) is 31.3 Å². The SMILES string of the molecule is COC(=O)C[C@H]1CNC[C@H]1c1cccc(O)c1.Cl. The fraction of sp³-hybridized carbons (Fsp3) is 0.462. The van der Waals surface area contributed by atoms with Gasteiger partial charge in [0, 0.05) is 12.5 Å². The Morgan fingerprint density at radius 2 is 2.28 bits per heavy atom. The Morgan fingerprint density at radius 1 is 1.50 bits per heavy atom. The molecule has 0 bridgehead atoms. The summed E-state index contributed by atoms with van der Waals surface area (Å²) in [6, 6.07) is 7.24. The third-order valence-corrected chi connectivity index (χ3v) is 3.29. The first kappa shape index (κ1) is 14.8. The van der Waals surface area contributed by atoms with Crippen LogP contribution in [0.5, 0.6) is 5.75 Å². The third kappa shape index (κ3) is 3.37. The monoisotopic (exact) mass is 271 g/mol. The van der Waals surface area contributed by atoms with E-state index < -0.39 is 0 Å². The minimum absolute atomic E-state index is 0. The second-order valence-corrected chi connectivity index (χ2v) is 4.40. The lowest BCUT2D eigenvalue weighted by atomic mass is 9.87. The summed E-state index contributed by atoms with van der Waals surface area (Å²) in [5.41, 5.74) is 1.07. The zero-order valence-corrected chi connectivity index (χ0v) is 11.1. The number of aromatic hydroxyl groups is 1. The maximum Gasteiger partial charge on any atom is 0.305 e. The first-order valence-corrected chi connectivity index (χ1v) is 5.77. The number of ether oxygens (including phenoxy) is 1. The number of hydrogen-bond donors (Lipinski definition) is 2. The summed E-state index contributed by atoms with van der Waals surface area (Å²) in [6.45, 7) is 1.65. The molecule has 0 saturated carbocycles. The van der Waals surface area contributed by atoms with Gasteiger partial charge in [0.05, 0.1) is 13.5 Å². The number of benzene rings is 1. The van der Waals surface area contributed by atoms with Crippen molar-refractivity contribution < 1.29 is 14.6 Å². The highest BCUT2D eigenvalue weighted by Crippen LogP contribution is 2.32. The molecule has 2 rings (SSSR count). The predicted molar refractivity (Wildman–Crippen MR) is 71.1 cm³/mol. The molecule has 1 aromatic rings. The van der Waals surface area contributed by atoms with Crippen LogP contribution >= 0.6 is 12.4 Å². The van der Waals surface area contributed by atoms with E-state index in [4.69, 9.17) is 4.74 Å². The highest BCUT2D eigenvalue weighted by molar-refractivity contribution is 5.85. The molecule has 1 aromatic carbocycles. The number of nitrogens with one attached hydrogen (secondary N) is 1. The van der Waals surface area contributed by atoms with Gasteiger partial charge in [-0.15, -0.1) is 12.4 Å². The van der Waals surface area contributed by atoms with E-state index in [0.29, 0.717) is 6.42 Å². The molecular weight excluding hydrogens is 254 g/mol. The van der Waals surface area contributed by atoms with Crippen LogP contribution < -0.4 is 5.32 Å². The van der Waals surface area contributed by atoms with Gasteiger partial charge in [0.2, 0.25) is 0 Å². The van der Waals surface area contributed by atoms with Crippen LogP contribution in [0.15, 0.2) is 24.3 Å². The van der Waals surface area contributed by atoms with Crippen LogP contribution in [0.1, 0.15) is 17.9 Å². The molecule has 0 radical (unpaired) electrons. The Morgan fingerprint density at radius 3 is 2.94 bits per heavy atom. The largest absolute Gasteiger partial charge is 0.508 e. The van der Waals surface area contributed by atoms with Crippen LogP contribution in [0, 0.1) is 5.92 Å². The molecule has 0 aliphatic carbocycles. The summed E-state index contributed by atoms with van der Waals surface area (Å²) in [6.07, 6.45) is 0.420. The van der Waals surface area contributed by atoms with E-state index in [0.717, 1.165) is 18.7 Å². The Kier molecular flexibility index (Phi) is 5.44. The highest BCUT2D eigenvalue weighted by Gasteiger charge is 2.30. The van der Waals surface area contributed by atoms with Crippen molar-refractivity contribution in [3.8, 4) is 5.75 Å². The average Bonchev–Trinajstić information content (AvgIpc) is 2.77. The molecule has 2 N–H and O–H groups in total. The minimum atomic E-state index is -0.177. The summed E-state index contributed by atoms with van der Waals surface area (Å²) >= 11 is 0. The van der Waals surface area contributed by atoms with Gasteiger partial charge in [-0.25, -0.2) is 0 Å². The van der Waals surface area contributed by atoms with Crippen LogP contribution in [-0.2, 0) is 9.53 Å². The molecule has 5 heteroatoms. The molecule has 0 aromatic heterocycles. The van der Waals surface area contributed by atoms with Crippen molar-refractivity contribution in [2.75, 3.05) is 20.2 Å². The van der Waals surface area contributed by atoms with Crippen molar-refractivity contribution in [2.45, 2.75) is 12.3 Å². The smallest absolute Gasteiger partial charge is 0.305 e. The van der Waals surface area contributed by atoms with Gasteiger partial charge >= 0.3 is 5.97 Å². The van der Waals surface area contributed by atoms with Crippen LogP contribution in [0.25, 0.3) is 0 Å². The Hall–Kier alpha value is -1.26. The number of phenolic OH excluding ortho intramolecular Hbond substituents is 1. The van der Waals surface area contributed by atoms with Gasteiger partial charge in [0.25, 0.3) is 0 Å². The summed E-state index contributed by atoms with van der Waals surface area (Å²) in [7, 11) is 1.41. The van der Waals surface area contributed by atoms with Crippen LogP contribution in [0.3, 0.4) is 0 Å². The molecule has 1 aliphatic heterocycles. The van der Waals surface area contributed by atoms with Crippen molar-refractivity contribution in [3.05, 3.63) is 29.8 Å². The summed E-state index contributed by atoms with van der Waals surface area (Å²) in [5, 5.41) is 12.8. The van der Waals surface area contributed by atoms with Crippen molar-refractivity contribution in [3.63, 3.8) is 0 Å². The minimum Gasteiger partial charge on any atom is -0.508 e. The molecule has 1 aliphatic rings. The van der Waals surface area contributed by atoms with Gasteiger partial charge in [0.1, 0.15) is 5.75 Å². The summed E-state index contributed by atoms with van der Waals surface area (Å²) < 4.78 is 4.70. The topological polar surface area (TPSA) is 58.6 Å². The van der Waals surface area contributed by atoms with Gasteiger partial charge < -0.3 is 15.2 Å². The standard InChI is InChI=1S/C13H17NO3.ClH/c1-17-13(16)6-10-7-14-8-12(10)9-3-2-4-11(15)5-9;/h2-5,10,12,14-15H,6-8H2,1H3;1H/t10-,12-;/m0./s1. The van der Waals surface area contributed by atoms with E-state index in [9.17, 15) is 9.90 Å². The number of hydrogen-bond acceptors (Lipinski definition) is 4. The third-order valence-electron chi connectivity index (χ3n) is 3.29. The van der Waals surface area contributed by atoms with Crippen LogP contribution in [0.2, 0.25) is 0 Å². The maximum absolute atomic E-state index is 11.3. The summed E-state index contributed by atoms with van der Waals surface area (Å²) in [5.74, 6) is 0.598. The maximum atomic E-state index is 11.3. The normalized spacial score (nSPS) is 22.3. The number of halogens is 1. The number of carbonyl (C=O) groups excluding carboxylic acids is 1. The van der Waals surface area contributed by atoms with E-state index in [1.807, 2.05) is 12.1 Å².